The predicted molar refractivity (Wildman–Crippen MR) is 111 cm³/mol. The molecule has 0 bridgehead atoms. The second-order valence-electron chi connectivity index (χ2n) is 7.39. The van der Waals surface area contributed by atoms with E-state index in [0.717, 1.165) is 30.0 Å². The maximum atomic E-state index is 12.8. The van der Waals surface area contributed by atoms with Gasteiger partial charge in [-0.25, -0.2) is 9.36 Å². The molecular formula is C20H23ClN6O2. The molecule has 9 heteroatoms. The van der Waals surface area contributed by atoms with E-state index in [0.29, 0.717) is 10.7 Å². The molecule has 1 aliphatic heterocycles. The third kappa shape index (κ3) is 4.18. The number of aromatic nitrogens is 5. The lowest BCUT2D eigenvalue weighted by molar-refractivity contribution is -0.00525. The molecule has 2 atom stereocenters. The Labute approximate surface area is 173 Å². The SMILES string of the molecule is C[C@@H]1CN(c2cnn(Cc3c(-c4ccc(Cl)cc4)nnn3C)c(=O)c2)C[C@H](C)O1. The molecule has 0 aliphatic carbocycles. The van der Waals surface area contributed by atoms with Crippen LogP contribution in [0.25, 0.3) is 11.3 Å². The smallest absolute Gasteiger partial charge is 0.269 e. The highest BCUT2D eigenvalue weighted by Gasteiger charge is 2.23. The van der Waals surface area contributed by atoms with Crippen LogP contribution in [-0.4, -0.2) is 50.1 Å². The number of benzene rings is 1. The Morgan fingerprint density at radius 2 is 1.86 bits per heavy atom. The zero-order valence-electron chi connectivity index (χ0n) is 16.6. The minimum absolute atomic E-state index is 0.114. The van der Waals surface area contributed by atoms with Gasteiger partial charge in [0.1, 0.15) is 5.69 Å². The van der Waals surface area contributed by atoms with Gasteiger partial charge in [0.25, 0.3) is 5.56 Å². The molecule has 1 fully saturated rings. The molecule has 29 heavy (non-hydrogen) atoms. The summed E-state index contributed by atoms with van der Waals surface area (Å²) in [7, 11) is 1.80. The van der Waals surface area contributed by atoms with Crippen molar-refractivity contribution in [2.75, 3.05) is 18.0 Å². The molecule has 1 aromatic carbocycles. The molecule has 1 aliphatic rings. The highest BCUT2D eigenvalue weighted by Crippen LogP contribution is 2.23. The number of morpholine rings is 1. The first kappa shape index (κ1) is 19.6. The van der Waals surface area contributed by atoms with E-state index in [9.17, 15) is 4.79 Å². The van der Waals surface area contributed by atoms with Gasteiger partial charge < -0.3 is 9.64 Å². The Morgan fingerprint density at radius 3 is 2.52 bits per heavy atom. The molecule has 3 heterocycles. The normalized spacial score (nSPS) is 19.5. The van der Waals surface area contributed by atoms with Crippen molar-refractivity contribution >= 4 is 17.3 Å². The molecule has 0 N–H and O–H groups in total. The maximum absolute atomic E-state index is 12.8. The van der Waals surface area contributed by atoms with Gasteiger partial charge in [-0.3, -0.25) is 4.79 Å². The number of rotatable bonds is 4. The summed E-state index contributed by atoms with van der Waals surface area (Å²) in [5.74, 6) is 0. The van der Waals surface area contributed by atoms with Crippen molar-refractivity contribution in [2.24, 2.45) is 7.05 Å². The molecule has 0 radical (unpaired) electrons. The number of ether oxygens (including phenoxy) is 1. The van der Waals surface area contributed by atoms with Crippen molar-refractivity contribution in [3.8, 4) is 11.3 Å². The van der Waals surface area contributed by atoms with Crippen molar-refractivity contribution in [1.29, 1.82) is 0 Å². The average Bonchev–Trinajstić information content (AvgIpc) is 3.04. The molecule has 0 spiro atoms. The Balaban J connectivity index is 1.60. The van der Waals surface area contributed by atoms with E-state index in [1.54, 1.807) is 36.1 Å². The van der Waals surface area contributed by atoms with Gasteiger partial charge >= 0.3 is 0 Å². The third-order valence-corrected chi connectivity index (χ3v) is 5.25. The van der Waals surface area contributed by atoms with Gasteiger partial charge in [0.05, 0.1) is 36.3 Å². The van der Waals surface area contributed by atoms with Crippen molar-refractivity contribution in [3.63, 3.8) is 0 Å². The fraction of sp³-hybridized carbons (Fsp3) is 0.400. The number of halogens is 1. The van der Waals surface area contributed by atoms with Gasteiger partial charge in [-0.2, -0.15) is 5.10 Å². The lowest BCUT2D eigenvalue weighted by atomic mass is 10.1. The van der Waals surface area contributed by atoms with Gasteiger partial charge in [-0.1, -0.05) is 28.9 Å². The summed E-state index contributed by atoms with van der Waals surface area (Å²) >= 11 is 5.98. The first-order chi connectivity index (χ1) is 13.9. The van der Waals surface area contributed by atoms with Crippen LogP contribution < -0.4 is 10.5 Å². The zero-order chi connectivity index (χ0) is 20.5. The van der Waals surface area contributed by atoms with Gasteiger partial charge in [0.2, 0.25) is 0 Å². The van der Waals surface area contributed by atoms with Crippen LogP contribution in [0.1, 0.15) is 19.5 Å². The molecule has 3 aromatic rings. The second kappa shape index (κ2) is 7.96. The first-order valence-corrected chi connectivity index (χ1v) is 9.90. The van der Waals surface area contributed by atoms with Crippen molar-refractivity contribution < 1.29 is 4.74 Å². The molecular weight excluding hydrogens is 392 g/mol. The van der Waals surface area contributed by atoms with Crippen LogP contribution in [0, 0.1) is 0 Å². The number of aryl methyl sites for hydroxylation is 1. The first-order valence-electron chi connectivity index (χ1n) is 9.53. The lowest BCUT2D eigenvalue weighted by Gasteiger charge is -2.36. The Bertz CT molecular complexity index is 1050. The van der Waals surface area contributed by atoms with E-state index in [2.05, 4.69) is 20.3 Å². The van der Waals surface area contributed by atoms with Crippen LogP contribution in [0.5, 0.6) is 0 Å². The van der Waals surface area contributed by atoms with Crippen LogP contribution in [0.3, 0.4) is 0 Å². The summed E-state index contributed by atoms with van der Waals surface area (Å²) in [6, 6.07) is 9.01. The highest BCUT2D eigenvalue weighted by atomic mass is 35.5. The van der Waals surface area contributed by atoms with Crippen LogP contribution in [0.2, 0.25) is 5.02 Å². The van der Waals surface area contributed by atoms with Crippen LogP contribution in [0.4, 0.5) is 5.69 Å². The Hall–Kier alpha value is -2.71. The number of nitrogens with zero attached hydrogens (tertiary/aromatic N) is 6. The standard InChI is InChI=1S/C20H23ClN6O2/c1-13-10-26(11-14(2)29-13)17-8-19(28)27(22-9-17)12-18-20(23-24-25(18)3)15-4-6-16(21)7-5-15/h4-9,13-14H,10-12H2,1-3H3/t13-,14+. The topological polar surface area (TPSA) is 78.1 Å². The molecule has 0 saturated carbocycles. The van der Waals surface area contributed by atoms with E-state index < -0.39 is 0 Å². The average molecular weight is 415 g/mol. The van der Waals surface area contributed by atoms with E-state index in [4.69, 9.17) is 16.3 Å². The van der Waals surface area contributed by atoms with Crippen LogP contribution in [-0.2, 0) is 18.3 Å². The monoisotopic (exact) mass is 414 g/mol. The van der Waals surface area contributed by atoms with E-state index in [1.807, 2.05) is 26.0 Å². The summed E-state index contributed by atoms with van der Waals surface area (Å²) in [6.07, 6.45) is 1.96. The third-order valence-electron chi connectivity index (χ3n) is 5.00. The van der Waals surface area contributed by atoms with Crippen molar-refractivity contribution in [3.05, 3.63) is 57.6 Å². The number of anilines is 1. The van der Waals surface area contributed by atoms with Gasteiger partial charge in [-0.05, 0) is 26.0 Å². The summed E-state index contributed by atoms with van der Waals surface area (Å²) in [5, 5.41) is 13.4. The van der Waals surface area contributed by atoms with E-state index >= 15 is 0 Å². The lowest BCUT2D eigenvalue weighted by Crippen LogP contribution is -2.46. The maximum Gasteiger partial charge on any atom is 0.269 e. The molecule has 152 valence electrons. The number of hydrogen-bond donors (Lipinski definition) is 0. The quantitative estimate of drug-likeness (QED) is 0.652. The fourth-order valence-corrected chi connectivity index (χ4v) is 3.76. The summed E-state index contributed by atoms with van der Waals surface area (Å²) < 4.78 is 8.86. The summed E-state index contributed by atoms with van der Waals surface area (Å²) in [4.78, 5) is 14.9. The minimum Gasteiger partial charge on any atom is -0.372 e. The Morgan fingerprint density at radius 1 is 1.17 bits per heavy atom. The fourth-order valence-electron chi connectivity index (χ4n) is 3.63. The van der Waals surface area contributed by atoms with Gasteiger partial charge in [-0.15, -0.1) is 5.10 Å². The highest BCUT2D eigenvalue weighted by molar-refractivity contribution is 6.30. The van der Waals surface area contributed by atoms with Gasteiger partial charge in [0.15, 0.2) is 0 Å². The minimum atomic E-state index is -0.169. The molecule has 0 amide bonds. The molecule has 4 rings (SSSR count). The molecule has 1 saturated heterocycles. The van der Waals surface area contributed by atoms with E-state index in [1.165, 1.54) is 4.68 Å². The summed E-state index contributed by atoms with van der Waals surface area (Å²) in [6.45, 7) is 5.82. The van der Waals surface area contributed by atoms with E-state index in [-0.39, 0.29) is 24.3 Å². The molecule has 0 unspecified atom stereocenters. The second-order valence-corrected chi connectivity index (χ2v) is 7.82. The van der Waals surface area contributed by atoms with Crippen molar-refractivity contribution in [1.82, 2.24) is 24.8 Å². The largest absolute Gasteiger partial charge is 0.372 e. The Kier molecular flexibility index (Phi) is 5.38. The summed E-state index contributed by atoms with van der Waals surface area (Å²) in [5.41, 5.74) is 3.03. The van der Waals surface area contributed by atoms with Gasteiger partial charge in [0, 0.05) is 36.8 Å². The predicted octanol–water partition coefficient (Wildman–Crippen LogP) is 2.35. The van der Waals surface area contributed by atoms with Crippen LogP contribution >= 0.6 is 11.6 Å². The number of hydrogen-bond acceptors (Lipinski definition) is 6. The van der Waals surface area contributed by atoms with Crippen molar-refractivity contribution in [2.45, 2.75) is 32.6 Å². The molecule has 2 aromatic heterocycles. The zero-order valence-corrected chi connectivity index (χ0v) is 17.4. The van der Waals surface area contributed by atoms with Crippen LogP contribution in [0.15, 0.2) is 41.3 Å². The molecule has 8 nitrogen and oxygen atoms in total.